The Balaban J connectivity index is 1.62. The average Bonchev–Trinajstić information content (AvgIpc) is 2.54. The first kappa shape index (κ1) is 17.1. The van der Waals surface area contributed by atoms with Gasteiger partial charge in [-0.15, -0.1) is 0 Å². The average molecular weight is 303 g/mol. The van der Waals surface area contributed by atoms with Gasteiger partial charge in [-0.05, 0) is 38.6 Å². The maximum absolute atomic E-state index is 5.51. The van der Waals surface area contributed by atoms with E-state index in [-0.39, 0.29) is 0 Å². The summed E-state index contributed by atoms with van der Waals surface area (Å²) >= 11 is 0. The van der Waals surface area contributed by atoms with E-state index in [4.69, 9.17) is 5.73 Å². The second-order valence-electron chi connectivity index (χ2n) is 6.42. The van der Waals surface area contributed by atoms with Gasteiger partial charge in [-0.3, -0.25) is 0 Å². The van der Waals surface area contributed by atoms with Gasteiger partial charge in [-0.25, -0.2) is 0 Å². The third kappa shape index (κ3) is 4.91. The predicted octanol–water partition coefficient (Wildman–Crippen LogP) is 4.39. The number of nitrogens with zero attached hydrogens (tertiary/aromatic N) is 1. The molecular formula is C19H33N3. The summed E-state index contributed by atoms with van der Waals surface area (Å²) in [6.45, 7) is 5.92. The fourth-order valence-electron chi connectivity index (χ4n) is 3.48. The molecule has 1 fully saturated rings. The molecule has 2 aliphatic heterocycles. The number of fused-ring (bicyclic) bond motifs is 2. The minimum atomic E-state index is 0.846. The number of nitrogens with two attached hydrogens (primary N) is 1. The highest BCUT2D eigenvalue weighted by Gasteiger charge is 2.24. The molecule has 1 saturated heterocycles. The molecule has 2 rings (SSSR count). The molecular weight excluding hydrogens is 270 g/mol. The molecule has 3 heteroatoms. The van der Waals surface area contributed by atoms with Crippen LogP contribution in [0.5, 0.6) is 0 Å². The molecule has 0 aromatic carbocycles. The summed E-state index contributed by atoms with van der Waals surface area (Å²) in [7, 11) is 0. The second kappa shape index (κ2) is 9.73. The normalized spacial score (nSPS) is 17.5. The van der Waals surface area contributed by atoms with Crippen LogP contribution in [0.3, 0.4) is 0 Å². The van der Waals surface area contributed by atoms with Crippen molar-refractivity contribution in [1.82, 2.24) is 10.2 Å². The Hall–Kier alpha value is -1.22. The topological polar surface area (TPSA) is 41.3 Å². The minimum Gasteiger partial charge on any atom is -0.387 e. The molecule has 0 atom stereocenters. The van der Waals surface area contributed by atoms with Gasteiger partial charge in [0.1, 0.15) is 0 Å². The number of rotatable bonds is 11. The maximum Gasteiger partial charge on any atom is 0.0415 e. The van der Waals surface area contributed by atoms with E-state index in [1.54, 1.807) is 0 Å². The first-order valence-corrected chi connectivity index (χ1v) is 9.13. The molecule has 0 spiro atoms. The van der Waals surface area contributed by atoms with Crippen molar-refractivity contribution in [2.75, 3.05) is 13.1 Å². The van der Waals surface area contributed by atoms with Crippen molar-refractivity contribution in [1.29, 1.82) is 0 Å². The Morgan fingerprint density at radius 2 is 1.82 bits per heavy atom. The summed E-state index contributed by atoms with van der Waals surface area (Å²) in [5, 5.41) is 3.68. The van der Waals surface area contributed by atoms with Gasteiger partial charge in [0.25, 0.3) is 0 Å². The van der Waals surface area contributed by atoms with E-state index in [2.05, 4.69) is 22.9 Å². The van der Waals surface area contributed by atoms with E-state index in [1.165, 1.54) is 81.3 Å². The van der Waals surface area contributed by atoms with Crippen LogP contribution in [0.1, 0.15) is 70.6 Å². The summed E-state index contributed by atoms with van der Waals surface area (Å²) in [6.07, 6.45) is 18.3. The second-order valence-corrected chi connectivity index (χ2v) is 6.42. The number of unbranched alkanes of at least 4 members (excludes halogenated alkanes) is 6. The third-order valence-corrected chi connectivity index (χ3v) is 4.74. The number of nitrogens with one attached hydrogen (secondary N) is 1. The molecule has 0 amide bonds. The number of hydrogen-bond donors (Lipinski definition) is 2. The van der Waals surface area contributed by atoms with Crippen molar-refractivity contribution < 1.29 is 0 Å². The van der Waals surface area contributed by atoms with Crippen LogP contribution in [-0.2, 0) is 0 Å². The maximum atomic E-state index is 5.51. The van der Waals surface area contributed by atoms with Gasteiger partial charge < -0.3 is 16.0 Å². The summed E-state index contributed by atoms with van der Waals surface area (Å²) < 4.78 is 0. The van der Waals surface area contributed by atoms with Gasteiger partial charge in [0.2, 0.25) is 0 Å². The molecule has 2 aliphatic rings. The zero-order chi connectivity index (χ0) is 15.6. The van der Waals surface area contributed by atoms with Gasteiger partial charge >= 0.3 is 0 Å². The molecule has 0 aliphatic carbocycles. The number of piperidine rings is 1. The molecule has 0 aromatic rings. The fourth-order valence-corrected chi connectivity index (χ4v) is 3.48. The van der Waals surface area contributed by atoms with Crippen molar-refractivity contribution in [3.05, 3.63) is 35.9 Å². The summed E-state index contributed by atoms with van der Waals surface area (Å²) in [6, 6.07) is 0. The van der Waals surface area contributed by atoms with Crippen LogP contribution in [-0.4, -0.2) is 18.0 Å². The smallest absolute Gasteiger partial charge is 0.0415 e. The van der Waals surface area contributed by atoms with Crippen molar-refractivity contribution in [2.45, 2.75) is 70.6 Å². The molecule has 22 heavy (non-hydrogen) atoms. The number of hydrogen-bond acceptors (Lipinski definition) is 3. The Morgan fingerprint density at radius 1 is 1.09 bits per heavy atom. The fraction of sp³-hybridized carbons (Fsp3) is 0.684. The first-order chi connectivity index (χ1) is 10.9. The van der Waals surface area contributed by atoms with Crippen LogP contribution in [0.25, 0.3) is 0 Å². The monoisotopic (exact) mass is 303 g/mol. The van der Waals surface area contributed by atoms with Crippen LogP contribution >= 0.6 is 0 Å². The van der Waals surface area contributed by atoms with E-state index in [0.717, 1.165) is 19.5 Å². The van der Waals surface area contributed by atoms with Crippen LogP contribution in [0, 0.1) is 0 Å². The molecule has 2 bridgehead atoms. The van der Waals surface area contributed by atoms with Gasteiger partial charge in [-0.2, -0.15) is 0 Å². The zero-order valence-electron chi connectivity index (χ0n) is 14.1. The molecule has 0 unspecified atom stereocenters. The highest BCUT2D eigenvalue weighted by molar-refractivity contribution is 5.30. The van der Waals surface area contributed by atoms with Crippen LogP contribution in [0.2, 0.25) is 0 Å². The van der Waals surface area contributed by atoms with Crippen molar-refractivity contribution in [3.63, 3.8) is 0 Å². The SMILES string of the molecule is C=CN1C2=CCC(NCCCCCCCCCN)=C1CCC2. The predicted molar refractivity (Wildman–Crippen MR) is 95.0 cm³/mol. The van der Waals surface area contributed by atoms with Crippen molar-refractivity contribution in [3.8, 4) is 0 Å². The van der Waals surface area contributed by atoms with Crippen LogP contribution < -0.4 is 11.1 Å². The highest BCUT2D eigenvalue weighted by Crippen LogP contribution is 2.35. The molecule has 3 N–H and O–H groups in total. The lowest BCUT2D eigenvalue weighted by Gasteiger charge is -2.36. The third-order valence-electron chi connectivity index (χ3n) is 4.74. The van der Waals surface area contributed by atoms with Crippen LogP contribution in [0.4, 0.5) is 0 Å². The van der Waals surface area contributed by atoms with Gasteiger partial charge in [0.15, 0.2) is 0 Å². The summed E-state index contributed by atoms with van der Waals surface area (Å²) in [5.41, 5.74) is 9.83. The lowest BCUT2D eigenvalue weighted by molar-refractivity contribution is 0.429. The quantitative estimate of drug-likeness (QED) is 0.556. The van der Waals surface area contributed by atoms with E-state index >= 15 is 0 Å². The Kier molecular flexibility index (Phi) is 7.58. The van der Waals surface area contributed by atoms with E-state index in [1.807, 2.05) is 6.20 Å². The zero-order valence-corrected chi connectivity index (χ0v) is 14.1. The summed E-state index contributed by atoms with van der Waals surface area (Å²) in [4.78, 5) is 2.30. The molecule has 0 radical (unpaired) electrons. The molecule has 2 heterocycles. The van der Waals surface area contributed by atoms with Gasteiger partial charge in [0, 0.05) is 36.3 Å². The standard InChI is InChI=1S/C19H33N3/c1-2-22-17-11-10-12-19(22)18(14-13-17)21-16-9-7-5-3-4-6-8-15-20/h2,13,21H,1,3-12,14-16,20H2. The van der Waals surface area contributed by atoms with Crippen molar-refractivity contribution >= 4 is 0 Å². The van der Waals surface area contributed by atoms with Gasteiger partial charge in [-0.1, -0.05) is 44.8 Å². The first-order valence-electron chi connectivity index (χ1n) is 9.13. The lowest BCUT2D eigenvalue weighted by atomic mass is 9.96. The molecule has 124 valence electrons. The lowest BCUT2D eigenvalue weighted by Crippen LogP contribution is -2.30. The molecule has 0 saturated carbocycles. The molecule has 3 nitrogen and oxygen atoms in total. The van der Waals surface area contributed by atoms with E-state index in [0.29, 0.717) is 0 Å². The minimum absolute atomic E-state index is 0.846. The Morgan fingerprint density at radius 3 is 2.55 bits per heavy atom. The van der Waals surface area contributed by atoms with Crippen LogP contribution in [0.15, 0.2) is 35.9 Å². The van der Waals surface area contributed by atoms with E-state index < -0.39 is 0 Å². The largest absolute Gasteiger partial charge is 0.387 e. The Bertz CT molecular complexity index is 409. The summed E-state index contributed by atoms with van der Waals surface area (Å²) in [5.74, 6) is 0. The molecule has 0 aromatic heterocycles. The van der Waals surface area contributed by atoms with Crippen molar-refractivity contribution in [2.24, 2.45) is 5.73 Å². The number of allylic oxidation sites excluding steroid dienone is 3. The Labute approximate surface area is 136 Å². The van der Waals surface area contributed by atoms with E-state index in [9.17, 15) is 0 Å². The highest BCUT2D eigenvalue weighted by atomic mass is 15.2. The van der Waals surface area contributed by atoms with Gasteiger partial charge in [0.05, 0.1) is 0 Å².